The maximum atomic E-state index is 13.5. The Labute approximate surface area is 212 Å². The van der Waals surface area contributed by atoms with Crippen molar-refractivity contribution in [1.29, 1.82) is 0 Å². The molecule has 1 unspecified atom stereocenters. The van der Waals surface area contributed by atoms with E-state index in [2.05, 4.69) is 24.0 Å². The fourth-order valence-corrected chi connectivity index (χ4v) is 4.67. The van der Waals surface area contributed by atoms with Crippen LogP contribution in [-0.2, 0) is 0 Å². The molecule has 186 valence electrons. The van der Waals surface area contributed by atoms with Crippen LogP contribution < -0.4 is 9.47 Å². The highest BCUT2D eigenvalue weighted by Gasteiger charge is 2.42. The summed E-state index contributed by atoms with van der Waals surface area (Å²) in [4.78, 5) is 15.5. The Balaban J connectivity index is 1.77. The predicted molar refractivity (Wildman–Crippen MR) is 139 cm³/mol. The number of rotatable bonds is 12. The molecule has 1 atom stereocenters. The van der Waals surface area contributed by atoms with Gasteiger partial charge in [-0.15, -0.1) is 0 Å². The van der Waals surface area contributed by atoms with Gasteiger partial charge in [0.25, 0.3) is 5.91 Å². The van der Waals surface area contributed by atoms with E-state index in [1.165, 1.54) is 0 Å². The molecule has 1 aromatic heterocycles. The molecule has 3 aromatic rings. The number of amides is 1. The van der Waals surface area contributed by atoms with Crippen LogP contribution in [-0.4, -0.2) is 40.8 Å². The number of halogens is 1. The first kappa shape index (κ1) is 25.1. The molecular formula is C28H34ClN3O3. The summed E-state index contributed by atoms with van der Waals surface area (Å²) < 4.78 is 12.0. The normalized spacial score (nSPS) is 14.9. The van der Waals surface area contributed by atoms with Gasteiger partial charge >= 0.3 is 0 Å². The topological polar surface area (TPSA) is 67.5 Å². The first-order chi connectivity index (χ1) is 17.1. The van der Waals surface area contributed by atoms with Crippen molar-refractivity contribution >= 4 is 17.5 Å². The molecule has 0 bridgehead atoms. The first-order valence-electron chi connectivity index (χ1n) is 12.6. The van der Waals surface area contributed by atoms with Gasteiger partial charge in [-0.2, -0.15) is 5.10 Å². The van der Waals surface area contributed by atoms with Crippen LogP contribution >= 0.6 is 11.6 Å². The van der Waals surface area contributed by atoms with Crippen LogP contribution in [0.1, 0.15) is 80.5 Å². The number of nitrogens with zero attached hydrogens (tertiary/aromatic N) is 2. The van der Waals surface area contributed by atoms with Crippen molar-refractivity contribution in [2.45, 2.75) is 58.9 Å². The van der Waals surface area contributed by atoms with Gasteiger partial charge in [-0.25, -0.2) is 0 Å². The number of nitrogens with one attached hydrogen (secondary N) is 1. The average molecular weight is 496 g/mol. The molecule has 35 heavy (non-hydrogen) atoms. The number of aromatic amines is 1. The number of H-pyrrole nitrogens is 1. The van der Waals surface area contributed by atoms with Crippen molar-refractivity contribution in [2.24, 2.45) is 0 Å². The molecule has 1 aliphatic heterocycles. The predicted octanol–water partition coefficient (Wildman–Crippen LogP) is 7.04. The largest absolute Gasteiger partial charge is 0.490 e. The second-order valence-electron chi connectivity index (χ2n) is 8.82. The standard InChI is InChI=1S/C28H34ClN3O3/c1-4-7-9-16-32-27(20-12-15-22(35-17-8-5-2)23(18-20)34-6-3)24-25(30-31-26(24)28(32)33)19-10-13-21(29)14-11-19/h10-15,18,27H,4-9,16-17H2,1-3H3,(H,30,31). The zero-order valence-electron chi connectivity index (χ0n) is 20.8. The van der Waals surface area contributed by atoms with Gasteiger partial charge in [-0.1, -0.05) is 62.9 Å². The summed E-state index contributed by atoms with van der Waals surface area (Å²) in [7, 11) is 0. The van der Waals surface area contributed by atoms with Gasteiger partial charge in [0.2, 0.25) is 0 Å². The van der Waals surface area contributed by atoms with Gasteiger partial charge in [-0.3, -0.25) is 9.89 Å². The monoisotopic (exact) mass is 495 g/mol. The van der Waals surface area contributed by atoms with Gasteiger partial charge in [0.05, 0.1) is 24.9 Å². The molecule has 0 spiro atoms. The number of ether oxygens (including phenoxy) is 2. The summed E-state index contributed by atoms with van der Waals surface area (Å²) in [5.74, 6) is 1.42. The lowest BCUT2D eigenvalue weighted by atomic mass is 9.95. The number of unbranched alkanes of at least 4 members (excludes halogenated alkanes) is 3. The number of carbonyl (C=O) groups is 1. The van der Waals surface area contributed by atoms with Crippen molar-refractivity contribution in [3.8, 4) is 22.8 Å². The molecule has 0 fully saturated rings. The first-order valence-corrected chi connectivity index (χ1v) is 13.0. The molecule has 0 radical (unpaired) electrons. The Morgan fingerprint density at radius 3 is 2.46 bits per heavy atom. The number of carbonyl (C=O) groups excluding carboxylic acids is 1. The van der Waals surface area contributed by atoms with Gasteiger partial charge in [0.1, 0.15) is 5.69 Å². The summed E-state index contributed by atoms with van der Waals surface area (Å²) in [5, 5.41) is 8.24. The Hall–Kier alpha value is -2.99. The molecule has 1 N–H and O–H groups in total. The number of benzene rings is 2. The Morgan fingerprint density at radius 1 is 0.971 bits per heavy atom. The van der Waals surface area contributed by atoms with Crippen molar-refractivity contribution in [1.82, 2.24) is 15.1 Å². The van der Waals surface area contributed by atoms with Crippen LogP contribution in [0.5, 0.6) is 11.5 Å². The van der Waals surface area contributed by atoms with E-state index < -0.39 is 0 Å². The maximum Gasteiger partial charge on any atom is 0.273 e. The lowest BCUT2D eigenvalue weighted by Crippen LogP contribution is -2.30. The Kier molecular flexibility index (Phi) is 8.34. The van der Waals surface area contributed by atoms with Crippen molar-refractivity contribution < 1.29 is 14.3 Å². The van der Waals surface area contributed by atoms with E-state index in [4.69, 9.17) is 21.1 Å². The molecule has 0 saturated heterocycles. The van der Waals surface area contributed by atoms with Gasteiger partial charge in [0.15, 0.2) is 11.5 Å². The number of hydrogen-bond donors (Lipinski definition) is 1. The second-order valence-corrected chi connectivity index (χ2v) is 9.25. The molecule has 1 aliphatic rings. The highest BCUT2D eigenvalue weighted by molar-refractivity contribution is 6.30. The molecule has 1 amide bonds. The van der Waals surface area contributed by atoms with E-state index in [1.807, 2.05) is 54.3 Å². The third kappa shape index (κ3) is 5.32. The molecule has 2 aromatic carbocycles. The fourth-order valence-electron chi connectivity index (χ4n) is 4.54. The maximum absolute atomic E-state index is 13.5. The SMILES string of the molecule is CCCCCN1C(=O)c2[nH]nc(-c3ccc(Cl)cc3)c2C1c1ccc(OCCCC)c(OCC)c1. The highest BCUT2D eigenvalue weighted by atomic mass is 35.5. The minimum absolute atomic E-state index is 0.0185. The zero-order chi connectivity index (χ0) is 24.8. The lowest BCUT2D eigenvalue weighted by Gasteiger charge is -2.27. The molecular weight excluding hydrogens is 462 g/mol. The number of fused-ring (bicyclic) bond motifs is 1. The summed E-state index contributed by atoms with van der Waals surface area (Å²) in [5.41, 5.74) is 4.13. The number of aromatic nitrogens is 2. The highest BCUT2D eigenvalue weighted by Crippen LogP contribution is 2.44. The smallest absolute Gasteiger partial charge is 0.273 e. The Morgan fingerprint density at radius 2 is 1.74 bits per heavy atom. The third-order valence-electron chi connectivity index (χ3n) is 6.32. The number of hydrogen-bond acceptors (Lipinski definition) is 4. The van der Waals surface area contributed by atoms with Crippen LogP contribution in [0, 0.1) is 0 Å². The van der Waals surface area contributed by atoms with Crippen molar-refractivity contribution in [2.75, 3.05) is 19.8 Å². The molecule has 2 heterocycles. The minimum atomic E-state index is -0.261. The second kappa shape index (κ2) is 11.6. The van der Waals surface area contributed by atoms with Crippen molar-refractivity contribution in [3.63, 3.8) is 0 Å². The minimum Gasteiger partial charge on any atom is -0.490 e. The van der Waals surface area contributed by atoms with E-state index in [0.717, 1.165) is 60.2 Å². The summed E-state index contributed by atoms with van der Waals surface area (Å²) in [6.45, 7) is 8.13. The third-order valence-corrected chi connectivity index (χ3v) is 6.57. The molecule has 0 saturated carbocycles. The van der Waals surface area contributed by atoms with Crippen LogP contribution in [0.3, 0.4) is 0 Å². The van der Waals surface area contributed by atoms with Crippen LogP contribution in [0.4, 0.5) is 0 Å². The van der Waals surface area contributed by atoms with Crippen LogP contribution in [0.25, 0.3) is 11.3 Å². The van der Waals surface area contributed by atoms with E-state index >= 15 is 0 Å². The zero-order valence-corrected chi connectivity index (χ0v) is 21.5. The van der Waals surface area contributed by atoms with E-state index in [1.54, 1.807) is 0 Å². The molecule has 4 rings (SSSR count). The van der Waals surface area contributed by atoms with E-state index in [0.29, 0.717) is 36.2 Å². The summed E-state index contributed by atoms with van der Waals surface area (Å²) in [6, 6.07) is 13.3. The molecule has 7 heteroatoms. The van der Waals surface area contributed by atoms with E-state index in [-0.39, 0.29) is 11.9 Å². The van der Waals surface area contributed by atoms with Crippen molar-refractivity contribution in [3.05, 3.63) is 64.3 Å². The summed E-state index contributed by atoms with van der Waals surface area (Å²) >= 11 is 6.12. The fraction of sp³-hybridized carbons (Fsp3) is 0.429. The summed E-state index contributed by atoms with van der Waals surface area (Å²) in [6.07, 6.45) is 5.16. The average Bonchev–Trinajstić information content (AvgIpc) is 3.40. The Bertz CT molecular complexity index is 1140. The van der Waals surface area contributed by atoms with E-state index in [9.17, 15) is 4.79 Å². The van der Waals surface area contributed by atoms with Crippen LogP contribution in [0.15, 0.2) is 42.5 Å². The lowest BCUT2D eigenvalue weighted by molar-refractivity contribution is 0.0740. The van der Waals surface area contributed by atoms with Crippen LogP contribution in [0.2, 0.25) is 5.02 Å². The molecule has 6 nitrogen and oxygen atoms in total. The molecule has 0 aliphatic carbocycles. The van der Waals surface area contributed by atoms with Gasteiger partial charge < -0.3 is 14.4 Å². The van der Waals surface area contributed by atoms with Gasteiger partial charge in [-0.05, 0) is 49.6 Å². The quantitative estimate of drug-likeness (QED) is 0.273. The van der Waals surface area contributed by atoms with Gasteiger partial charge in [0, 0.05) is 22.7 Å².